The Balaban J connectivity index is 2.28. The summed E-state index contributed by atoms with van der Waals surface area (Å²) in [4.78, 5) is 11.0. The smallest absolute Gasteiger partial charge is 0.137 e. The summed E-state index contributed by atoms with van der Waals surface area (Å²) >= 11 is 6.11. The van der Waals surface area contributed by atoms with Crippen molar-refractivity contribution in [2.75, 3.05) is 25.2 Å². The third-order valence-corrected chi connectivity index (χ3v) is 3.34. The van der Waals surface area contributed by atoms with Crippen LogP contribution in [0.1, 0.15) is 24.2 Å². The van der Waals surface area contributed by atoms with Crippen molar-refractivity contribution >= 4 is 17.4 Å². The van der Waals surface area contributed by atoms with Gasteiger partial charge in [0, 0.05) is 25.3 Å². The molecule has 0 aromatic carbocycles. The SMILES string of the molecule is COCCN(c1nc(C)nc(Cl)c1C)C1CC1. The van der Waals surface area contributed by atoms with Crippen molar-refractivity contribution in [3.8, 4) is 0 Å². The molecule has 1 saturated carbocycles. The number of anilines is 1. The van der Waals surface area contributed by atoms with E-state index in [0.717, 1.165) is 23.8 Å². The van der Waals surface area contributed by atoms with Gasteiger partial charge in [-0.2, -0.15) is 0 Å². The molecule has 0 spiro atoms. The zero-order valence-corrected chi connectivity index (χ0v) is 11.3. The van der Waals surface area contributed by atoms with Gasteiger partial charge in [0.25, 0.3) is 0 Å². The summed E-state index contributed by atoms with van der Waals surface area (Å²) in [5.74, 6) is 1.68. The van der Waals surface area contributed by atoms with Gasteiger partial charge in [0.1, 0.15) is 16.8 Å². The molecule has 0 amide bonds. The zero-order chi connectivity index (χ0) is 12.4. The van der Waals surface area contributed by atoms with Gasteiger partial charge in [0.2, 0.25) is 0 Å². The molecule has 0 unspecified atom stereocenters. The van der Waals surface area contributed by atoms with Crippen molar-refractivity contribution in [1.82, 2.24) is 9.97 Å². The Morgan fingerprint density at radius 2 is 2.06 bits per heavy atom. The Labute approximate surface area is 107 Å². The lowest BCUT2D eigenvalue weighted by molar-refractivity contribution is 0.204. The van der Waals surface area contributed by atoms with E-state index in [9.17, 15) is 0 Å². The standard InChI is InChI=1S/C12H18ClN3O/c1-8-11(13)14-9(2)15-12(8)16(6-7-17-3)10-4-5-10/h10H,4-7H2,1-3H3. The summed E-state index contributed by atoms with van der Waals surface area (Å²) in [5, 5.41) is 0.551. The predicted molar refractivity (Wildman–Crippen MR) is 68.8 cm³/mol. The molecule has 0 bridgehead atoms. The van der Waals surface area contributed by atoms with Crippen molar-refractivity contribution in [2.45, 2.75) is 32.7 Å². The molecular formula is C12H18ClN3O. The van der Waals surface area contributed by atoms with Gasteiger partial charge in [0.15, 0.2) is 0 Å². The van der Waals surface area contributed by atoms with Crippen molar-refractivity contribution in [3.63, 3.8) is 0 Å². The highest BCUT2D eigenvalue weighted by atomic mass is 35.5. The fourth-order valence-electron chi connectivity index (χ4n) is 1.90. The van der Waals surface area contributed by atoms with Gasteiger partial charge in [-0.3, -0.25) is 0 Å². The van der Waals surface area contributed by atoms with E-state index < -0.39 is 0 Å². The van der Waals surface area contributed by atoms with E-state index >= 15 is 0 Å². The molecule has 0 aliphatic heterocycles. The van der Waals surface area contributed by atoms with E-state index in [2.05, 4.69) is 14.9 Å². The number of aryl methyl sites for hydroxylation is 1. The highest BCUT2D eigenvalue weighted by Gasteiger charge is 2.31. The Morgan fingerprint density at radius 1 is 1.35 bits per heavy atom. The van der Waals surface area contributed by atoms with Crippen molar-refractivity contribution in [1.29, 1.82) is 0 Å². The zero-order valence-electron chi connectivity index (χ0n) is 10.5. The molecule has 2 rings (SSSR count). The lowest BCUT2D eigenvalue weighted by atomic mass is 10.3. The van der Waals surface area contributed by atoms with Crippen LogP contribution >= 0.6 is 11.6 Å². The first-order chi connectivity index (χ1) is 8.13. The second-order valence-corrected chi connectivity index (χ2v) is 4.79. The molecule has 5 heteroatoms. The third-order valence-electron chi connectivity index (χ3n) is 2.97. The lowest BCUT2D eigenvalue weighted by Crippen LogP contribution is -2.31. The van der Waals surface area contributed by atoms with E-state index in [0.29, 0.717) is 17.8 Å². The lowest BCUT2D eigenvalue weighted by Gasteiger charge is -2.25. The second-order valence-electron chi connectivity index (χ2n) is 4.43. The van der Waals surface area contributed by atoms with Crippen molar-refractivity contribution < 1.29 is 4.74 Å². The number of aromatic nitrogens is 2. The molecule has 94 valence electrons. The average Bonchev–Trinajstić information content (AvgIpc) is 3.09. The van der Waals surface area contributed by atoms with Gasteiger partial charge in [-0.1, -0.05) is 11.6 Å². The van der Waals surface area contributed by atoms with Crippen molar-refractivity contribution in [2.24, 2.45) is 0 Å². The fourth-order valence-corrected chi connectivity index (χ4v) is 2.10. The van der Waals surface area contributed by atoms with Crippen molar-refractivity contribution in [3.05, 3.63) is 16.5 Å². The monoisotopic (exact) mass is 255 g/mol. The van der Waals surface area contributed by atoms with Crippen LogP contribution in [-0.2, 0) is 4.74 Å². The first-order valence-electron chi connectivity index (χ1n) is 5.89. The van der Waals surface area contributed by atoms with E-state index in [1.807, 2.05) is 13.8 Å². The molecule has 4 nitrogen and oxygen atoms in total. The minimum atomic E-state index is 0.551. The van der Waals surface area contributed by atoms with Crippen LogP contribution in [0.15, 0.2) is 0 Å². The highest BCUT2D eigenvalue weighted by molar-refractivity contribution is 6.30. The third kappa shape index (κ3) is 2.87. The molecule has 0 N–H and O–H groups in total. The summed E-state index contributed by atoms with van der Waals surface area (Å²) in [7, 11) is 1.72. The molecule has 1 fully saturated rings. The van der Waals surface area contributed by atoms with Gasteiger partial charge >= 0.3 is 0 Å². The molecule has 1 aromatic heterocycles. The fraction of sp³-hybridized carbons (Fsp3) is 0.667. The minimum Gasteiger partial charge on any atom is -0.383 e. The minimum absolute atomic E-state index is 0.551. The Kier molecular flexibility index (Phi) is 3.84. The Bertz CT molecular complexity index is 407. The van der Waals surface area contributed by atoms with E-state index in [1.54, 1.807) is 7.11 Å². The molecule has 1 aliphatic carbocycles. The molecular weight excluding hydrogens is 238 g/mol. The Morgan fingerprint density at radius 3 is 2.65 bits per heavy atom. The Hall–Kier alpha value is -0.870. The summed E-state index contributed by atoms with van der Waals surface area (Å²) in [6.45, 7) is 5.40. The number of nitrogens with zero attached hydrogens (tertiary/aromatic N) is 3. The van der Waals surface area contributed by atoms with Crippen LogP contribution in [0, 0.1) is 13.8 Å². The summed E-state index contributed by atoms with van der Waals surface area (Å²) in [6, 6.07) is 0.592. The number of hydrogen-bond donors (Lipinski definition) is 0. The summed E-state index contributed by atoms with van der Waals surface area (Å²) < 4.78 is 5.15. The van der Waals surface area contributed by atoms with E-state index in [4.69, 9.17) is 16.3 Å². The number of rotatable bonds is 5. The van der Waals surface area contributed by atoms with Crippen LogP contribution in [0.25, 0.3) is 0 Å². The van der Waals surface area contributed by atoms with Crippen LogP contribution in [0.4, 0.5) is 5.82 Å². The number of halogens is 1. The molecule has 1 aliphatic rings. The second kappa shape index (κ2) is 5.19. The van der Waals surface area contributed by atoms with Crippen LogP contribution in [0.5, 0.6) is 0 Å². The highest BCUT2D eigenvalue weighted by Crippen LogP contribution is 2.33. The van der Waals surface area contributed by atoms with Gasteiger partial charge in [0.05, 0.1) is 6.61 Å². The van der Waals surface area contributed by atoms with Gasteiger partial charge < -0.3 is 9.64 Å². The van der Waals surface area contributed by atoms with Crippen LogP contribution in [-0.4, -0.2) is 36.3 Å². The molecule has 0 saturated heterocycles. The molecule has 1 heterocycles. The largest absolute Gasteiger partial charge is 0.383 e. The molecule has 0 radical (unpaired) electrons. The quantitative estimate of drug-likeness (QED) is 0.757. The van der Waals surface area contributed by atoms with E-state index in [1.165, 1.54) is 12.8 Å². The number of methoxy groups -OCH3 is 1. The van der Waals surface area contributed by atoms with Crippen LogP contribution < -0.4 is 4.90 Å². The summed E-state index contributed by atoms with van der Waals surface area (Å²) in [5.41, 5.74) is 0.959. The number of hydrogen-bond acceptors (Lipinski definition) is 4. The predicted octanol–water partition coefficient (Wildman–Crippen LogP) is 2.36. The van der Waals surface area contributed by atoms with Gasteiger partial charge in [-0.25, -0.2) is 9.97 Å². The van der Waals surface area contributed by atoms with Gasteiger partial charge in [-0.05, 0) is 26.7 Å². The molecule has 1 aromatic rings. The first-order valence-corrected chi connectivity index (χ1v) is 6.27. The van der Waals surface area contributed by atoms with E-state index in [-0.39, 0.29) is 0 Å². The normalized spacial score (nSPS) is 15.1. The maximum Gasteiger partial charge on any atom is 0.137 e. The topological polar surface area (TPSA) is 38.2 Å². The van der Waals surface area contributed by atoms with Gasteiger partial charge in [-0.15, -0.1) is 0 Å². The number of ether oxygens (including phenoxy) is 1. The maximum absolute atomic E-state index is 6.11. The maximum atomic E-state index is 6.11. The van der Waals surface area contributed by atoms with Crippen LogP contribution in [0.3, 0.4) is 0 Å². The average molecular weight is 256 g/mol. The summed E-state index contributed by atoms with van der Waals surface area (Å²) in [6.07, 6.45) is 2.45. The first kappa shape index (κ1) is 12.6. The van der Waals surface area contributed by atoms with Crippen LogP contribution in [0.2, 0.25) is 5.15 Å². The molecule has 17 heavy (non-hydrogen) atoms. The molecule has 0 atom stereocenters.